The summed E-state index contributed by atoms with van der Waals surface area (Å²) in [6.45, 7) is 4.28. The van der Waals surface area contributed by atoms with Gasteiger partial charge in [0.2, 0.25) is 0 Å². The molecular weight excluding hydrogens is 641 g/mol. The molecule has 0 bridgehead atoms. The van der Waals surface area contributed by atoms with E-state index in [0.717, 1.165) is 22.7 Å². The van der Waals surface area contributed by atoms with Crippen LogP contribution in [-0.2, 0) is 5.41 Å². The van der Waals surface area contributed by atoms with Crippen LogP contribution in [0, 0.1) is 13.8 Å². The van der Waals surface area contributed by atoms with E-state index in [0.29, 0.717) is 0 Å². The minimum atomic E-state index is -0.496. The van der Waals surface area contributed by atoms with Crippen molar-refractivity contribution in [3.05, 3.63) is 228 Å². The topological polar surface area (TPSA) is 8.17 Å². The van der Waals surface area contributed by atoms with Crippen LogP contribution in [-0.4, -0.2) is 4.57 Å². The van der Waals surface area contributed by atoms with E-state index in [1.165, 1.54) is 66.3 Å². The summed E-state index contributed by atoms with van der Waals surface area (Å²) in [6.07, 6.45) is 0. The molecule has 0 amide bonds. The highest BCUT2D eigenvalue weighted by Crippen LogP contribution is 2.56. The number of nitrogens with zero attached hydrogens (tertiary/aromatic N) is 2. The number of hydrogen-bond acceptors (Lipinski definition) is 1. The van der Waals surface area contributed by atoms with Crippen molar-refractivity contribution in [2.45, 2.75) is 19.3 Å². The summed E-state index contributed by atoms with van der Waals surface area (Å²) in [5, 5.41) is 2.54. The van der Waals surface area contributed by atoms with E-state index >= 15 is 0 Å². The third-order valence-electron chi connectivity index (χ3n) is 11.2. The zero-order valence-corrected chi connectivity index (χ0v) is 29.9. The van der Waals surface area contributed by atoms with Crippen LogP contribution >= 0.6 is 0 Å². The van der Waals surface area contributed by atoms with Gasteiger partial charge >= 0.3 is 0 Å². The third-order valence-corrected chi connectivity index (χ3v) is 11.2. The first-order chi connectivity index (χ1) is 26.1. The predicted molar refractivity (Wildman–Crippen MR) is 222 cm³/mol. The number of aryl methyl sites for hydroxylation is 2. The summed E-state index contributed by atoms with van der Waals surface area (Å²) in [4.78, 5) is 2.35. The van der Waals surface area contributed by atoms with Crippen LogP contribution < -0.4 is 4.90 Å². The Labute approximate surface area is 310 Å². The van der Waals surface area contributed by atoms with Crippen molar-refractivity contribution >= 4 is 38.9 Å². The van der Waals surface area contributed by atoms with Gasteiger partial charge in [-0.1, -0.05) is 145 Å². The molecule has 0 N–H and O–H groups in total. The molecule has 0 saturated heterocycles. The van der Waals surface area contributed by atoms with Gasteiger partial charge in [-0.25, -0.2) is 0 Å². The van der Waals surface area contributed by atoms with Gasteiger partial charge in [0.15, 0.2) is 0 Å². The number of anilines is 3. The lowest BCUT2D eigenvalue weighted by molar-refractivity contribution is 0.768. The van der Waals surface area contributed by atoms with Gasteiger partial charge in [0.05, 0.1) is 16.4 Å². The van der Waals surface area contributed by atoms with E-state index in [4.69, 9.17) is 0 Å². The fourth-order valence-corrected chi connectivity index (χ4v) is 8.78. The van der Waals surface area contributed by atoms with Gasteiger partial charge in [-0.05, 0) is 108 Å². The van der Waals surface area contributed by atoms with Crippen LogP contribution in [0.1, 0.15) is 33.4 Å². The van der Waals surface area contributed by atoms with Crippen molar-refractivity contribution in [1.82, 2.24) is 4.57 Å². The number of rotatable bonds is 6. The molecule has 53 heavy (non-hydrogen) atoms. The number of para-hydroxylation sites is 2. The standard InChI is InChI=1S/C51H38N2/c1-35-19-27-39(28-20-35)52(40-29-21-36(2)22-30-40)41-31-23-37(24-32-41)51(47-15-7-3-11-43(47)44-12-4-8-16-48(44)51)38-25-33-42(34-26-38)53-49-17-9-5-13-45(49)46-14-6-10-18-50(46)53/h3-34H,1-2H3. The first-order valence-electron chi connectivity index (χ1n) is 18.4. The highest BCUT2D eigenvalue weighted by Gasteiger charge is 2.46. The van der Waals surface area contributed by atoms with E-state index < -0.39 is 5.41 Å². The molecule has 10 rings (SSSR count). The molecule has 2 nitrogen and oxygen atoms in total. The molecule has 0 fully saturated rings. The Hall–Kier alpha value is -6.64. The SMILES string of the molecule is Cc1ccc(N(c2ccc(C)cc2)c2ccc(C3(c4ccc(-n5c6ccccc6c6ccccc65)cc4)c4ccccc4-c4ccccc43)cc2)cc1. The zero-order chi connectivity index (χ0) is 35.5. The molecule has 1 aliphatic rings. The zero-order valence-electron chi connectivity index (χ0n) is 29.9. The highest BCUT2D eigenvalue weighted by molar-refractivity contribution is 6.09. The Morgan fingerprint density at radius 1 is 0.377 bits per heavy atom. The molecule has 0 spiro atoms. The second-order valence-electron chi connectivity index (χ2n) is 14.3. The Morgan fingerprint density at radius 2 is 0.755 bits per heavy atom. The Bertz CT molecular complexity index is 2620. The second-order valence-corrected chi connectivity index (χ2v) is 14.3. The first kappa shape index (κ1) is 31.1. The lowest BCUT2D eigenvalue weighted by Crippen LogP contribution is -2.28. The molecule has 0 radical (unpaired) electrons. The van der Waals surface area contributed by atoms with Crippen LogP contribution in [0.4, 0.5) is 17.1 Å². The fraction of sp³-hybridized carbons (Fsp3) is 0.0588. The number of aromatic nitrogens is 1. The number of hydrogen-bond donors (Lipinski definition) is 0. The summed E-state index contributed by atoms with van der Waals surface area (Å²) in [7, 11) is 0. The molecule has 1 aliphatic carbocycles. The van der Waals surface area contributed by atoms with Crippen LogP contribution in [0.15, 0.2) is 194 Å². The molecule has 1 aromatic heterocycles. The van der Waals surface area contributed by atoms with Crippen LogP contribution in [0.3, 0.4) is 0 Å². The first-order valence-corrected chi connectivity index (χ1v) is 18.4. The van der Waals surface area contributed by atoms with Gasteiger partial charge in [0, 0.05) is 33.5 Å². The van der Waals surface area contributed by atoms with Gasteiger partial charge in [0.1, 0.15) is 0 Å². The lowest BCUT2D eigenvalue weighted by atomic mass is 9.67. The van der Waals surface area contributed by atoms with Crippen LogP contribution in [0.5, 0.6) is 0 Å². The van der Waals surface area contributed by atoms with Crippen LogP contribution in [0.25, 0.3) is 38.6 Å². The monoisotopic (exact) mass is 678 g/mol. The minimum Gasteiger partial charge on any atom is -0.311 e. The van der Waals surface area contributed by atoms with Crippen LogP contribution in [0.2, 0.25) is 0 Å². The van der Waals surface area contributed by atoms with E-state index in [2.05, 4.69) is 217 Å². The summed E-state index contributed by atoms with van der Waals surface area (Å²) in [6, 6.07) is 71.6. The van der Waals surface area contributed by atoms with E-state index in [9.17, 15) is 0 Å². The van der Waals surface area contributed by atoms with Gasteiger partial charge in [-0.15, -0.1) is 0 Å². The van der Waals surface area contributed by atoms with Crippen molar-refractivity contribution in [3.8, 4) is 16.8 Å². The van der Waals surface area contributed by atoms with E-state index in [1.807, 2.05) is 0 Å². The molecule has 0 atom stereocenters. The normalized spacial score (nSPS) is 12.9. The molecule has 0 saturated carbocycles. The maximum Gasteiger partial charge on any atom is 0.0713 e. The predicted octanol–water partition coefficient (Wildman–Crippen LogP) is 13.2. The summed E-state index contributed by atoms with van der Waals surface area (Å²) >= 11 is 0. The average molecular weight is 679 g/mol. The maximum absolute atomic E-state index is 2.40. The second kappa shape index (κ2) is 12.3. The smallest absolute Gasteiger partial charge is 0.0713 e. The molecule has 1 heterocycles. The molecule has 2 heteroatoms. The molecule has 0 aliphatic heterocycles. The van der Waals surface area contributed by atoms with Crippen molar-refractivity contribution in [1.29, 1.82) is 0 Å². The van der Waals surface area contributed by atoms with Gasteiger partial charge in [-0.3, -0.25) is 0 Å². The van der Waals surface area contributed by atoms with E-state index in [1.54, 1.807) is 0 Å². The third kappa shape index (κ3) is 4.80. The minimum absolute atomic E-state index is 0.496. The highest BCUT2D eigenvalue weighted by atomic mass is 15.1. The van der Waals surface area contributed by atoms with Gasteiger partial charge in [0.25, 0.3) is 0 Å². The molecule has 9 aromatic rings. The number of fused-ring (bicyclic) bond motifs is 6. The average Bonchev–Trinajstić information content (AvgIpc) is 3.71. The number of benzene rings is 8. The molecule has 0 unspecified atom stereocenters. The molecule has 252 valence electrons. The lowest BCUT2D eigenvalue weighted by Gasteiger charge is -2.34. The Morgan fingerprint density at radius 3 is 1.23 bits per heavy atom. The van der Waals surface area contributed by atoms with Crippen molar-refractivity contribution in [3.63, 3.8) is 0 Å². The van der Waals surface area contributed by atoms with Gasteiger partial charge < -0.3 is 9.47 Å². The van der Waals surface area contributed by atoms with Crippen molar-refractivity contribution in [2.24, 2.45) is 0 Å². The summed E-state index contributed by atoms with van der Waals surface area (Å²) in [5.74, 6) is 0. The molecular formula is C51H38N2. The van der Waals surface area contributed by atoms with E-state index in [-0.39, 0.29) is 0 Å². The maximum atomic E-state index is 2.40. The molecule has 8 aromatic carbocycles. The summed E-state index contributed by atoms with van der Waals surface area (Å²) in [5.41, 5.74) is 16.7. The largest absolute Gasteiger partial charge is 0.311 e. The Balaban J connectivity index is 1.16. The van der Waals surface area contributed by atoms with Crippen molar-refractivity contribution < 1.29 is 0 Å². The van der Waals surface area contributed by atoms with Gasteiger partial charge in [-0.2, -0.15) is 0 Å². The van der Waals surface area contributed by atoms with Crippen molar-refractivity contribution in [2.75, 3.05) is 4.90 Å². The quantitative estimate of drug-likeness (QED) is 0.170. The Kier molecular flexibility index (Phi) is 7.19. The fourth-order valence-electron chi connectivity index (χ4n) is 8.78. The summed E-state index contributed by atoms with van der Waals surface area (Å²) < 4.78 is 2.40.